The Morgan fingerprint density at radius 3 is 2.69 bits per heavy atom. The van der Waals surface area contributed by atoms with E-state index in [2.05, 4.69) is 10.6 Å². The van der Waals surface area contributed by atoms with Gasteiger partial charge in [0.05, 0.1) is 11.2 Å². The zero-order chi connectivity index (χ0) is 12.2. The molecule has 0 saturated carbocycles. The van der Waals surface area contributed by atoms with Gasteiger partial charge in [-0.15, -0.1) is 0 Å². The summed E-state index contributed by atoms with van der Waals surface area (Å²) in [7, 11) is -3.50. The van der Waals surface area contributed by atoms with Crippen molar-refractivity contribution in [3.05, 3.63) is 0 Å². The molecule has 1 heterocycles. The molecule has 0 aromatic carbocycles. The van der Waals surface area contributed by atoms with Gasteiger partial charge in [-0.1, -0.05) is 6.92 Å². The van der Waals surface area contributed by atoms with Crippen LogP contribution in [0.15, 0.2) is 0 Å². The summed E-state index contributed by atoms with van der Waals surface area (Å²) >= 11 is 0. The Bertz CT molecular complexity index is 347. The summed E-state index contributed by atoms with van der Waals surface area (Å²) in [6.45, 7) is 3.53. The summed E-state index contributed by atoms with van der Waals surface area (Å²) < 4.78 is 21.4. The number of nitrogens with two attached hydrogens (primary N) is 1. The molecule has 1 aliphatic rings. The van der Waals surface area contributed by atoms with Gasteiger partial charge in [-0.2, -0.15) is 0 Å². The average Bonchev–Trinajstić information content (AvgIpc) is 2.65. The van der Waals surface area contributed by atoms with Gasteiger partial charge in [-0.25, -0.2) is 13.6 Å². The lowest BCUT2D eigenvalue weighted by atomic mass is 9.83. The lowest BCUT2D eigenvalue weighted by molar-refractivity contribution is -0.130. The molecule has 0 radical (unpaired) electrons. The molecule has 0 aliphatic carbocycles. The Morgan fingerprint density at radius 1 is 1.56 bits per heavy atom. The number of nitrogens with one attached hydrogen (secondary N) is 2. The second-order valence-electron chi connectivity index (χ2n) is 4.18. The fraction of sp³-hybridized carbons (Fsp3) is 0.889. The third-order valence-corrected chi connectivity index (χ3v) is 3.85. The van der Waals surface area contributed by atoms with E-state index in [1.54, 1.807) is 0 Å². The molecule has 7 heteroatoms. The molecule has 1 saturated heterocycles. The number of amides is 1. The van der Waals surface area contributed by atoms with Gasteiger partial charge in [0, 0.05) is 13.1 Å². The van der Waals surface area contributed by atoms with Crippen LogP contribution in [0.25, 0.3) is 0 Å². The van der Waals surface area contributed by atoms with Crippen molar-refractivity contribution in [2.75, 3.05) is 25.4 Å². The van der Waals surface area contributed by atoms with Crippen molar-refractivity contribution in [1.82, 2.24) is 10.6 Å². The standard InChI is InChI=1S/C9H19N3O3S/c1-2-9(3-4-11-7-9)8(13)12-5-6-16(10,14)15/h11H,2-7H2,1H3,(H,12,13)(H2,10,14,15). The van der Waals surface area contributed by atoms with Crippen molar-refractivity contribution in [1.29, 1.82) is 0 Å². The molecule has 0 bridgehead atoms. The number of sulfonamides is 1. The zero-order valence-electron chi connectivity index (χ0n) is 9.45. The van der Waals surface area contributed by atoms with Gasteiger partial charge in [0.1, 0.15) is 0 Å². The predicted molar refractivity (Wildman–Crippen MR) is 61.2 cm³/mol. The highest BCUT2D eigenvalue weighted by molar-refractivity contribution is 7.89. The molecule has 16 heavy (non-hydrogen) atoms. The van der Waals surface area contributed by atoms with Gasteiger partial charge < -0.3 is 10.6 Å². The number of carbonyl (C=O) groups is 1. The molecule has 1 rings (SSSR count). The van der Waals surface area contributed by atoms with E-state index in [1.807, 2.05) is 6.92 Å². The first-order valence-electron chi connectivity index (χ1n) is 5.39. The average molecular weight is 249 g/mol. The third-order valence-electron chi connectivity index (χ3n) is 3.07. The molecule has 1 fully saturated rings. The Balaban J connectivity index is 2.45. The molecule has 4 N–H and O–H groups in total. The Hall–Kier alpha value is -0.660. The summed E-state index contributed by atoms with van der Waals surface area (Å²) in [5, 5.41) is 10.6. The van der Waals surface area contributed by atoms with Crippen LogP contribution in [0.4, 0.5) is 0 Å². The topological polar surface area (TPSA) is 101 Å². The van der Waals surface area contributed by atoms with Crippen molar-refractivity contribution in [3.8, 4) is 0 Å². The molecule has 0 aromatic rings. The highest BCUT2D eigenvalue weighted by Crippen LogP contribution is 2.29. The van der Waals surface area contributed by atoms with Crippen LogP contribution >= 0.6 is 0 Å². The monoisotopic (exact) mass is 249 g/mol. The van der Waals surface area contributed by atoms with Gasteiger partial charge in [0.2, 0.25) is 15.9 Å². The Morgan fingerprint density at radius 2 is 2.25 bits per heavy atom. The summed E-state index contributed by atoms with van der Waals surface area (Å²) in [5.74, 6) is -0.296. The van der Waals surface area contributed by atoms with Crippen molar-refractivity contribution >= 4 is 15.9 Å². The number of rotatable bonds is 5. The normalized spacial score (nSPS) is 25.6. The number of hydrogen-bond acceptors (Lipinski definition) is 4. The van der Waals surface area contributed by atoms with Crippen LogP contribution < -0.4 is 15.8 Å². The SMILES string of the molecule is CCC1(C(=O)NCCS(N)(=O)=O)CCNC1. The van der Waals surface area contributed by atoms with E-state index in [4.69, 9.17) is 5.14 Å². The first-order chi connectivity index (χ1) is 7.40. The molecule has 1 aliphatic heterocycles. The van der Waals surface area contributed by atoms with Crippen LogP contribution in [0, 0.1) is 5.41 Å². The second-order valence-corrected chi connectivity index (χ2v) is 5.92. The van der Waals surface area contributed by atoms with Gasteiger partial charge in [0.25, 0.3) is 0 Å². The summed E-state index contributed by atoms with van der Waals surface area (Å²) in [5.41, 5.74) is -0.377. The molecular formula is C9H19N3O3S. The van der Waals surface area contributed by atoms with E-state index in [0.29, 0.717) is 6.54 Å². The second kappa shape index (κ2) is 5.11. The number of hydrogen-bond donors (Lipinski definition) is 3. The van der Waals surface area contributed by atoms with E-state index in [-0.39, 0.29) is 23.6 Å². The fourth-order valence-electron chi connectivity index (χ4n) is 1.89. The minimum absolute atomic E-state index is 0.0800. The van der Waals surface area contributed by atoms with Crippen molar-refractivity contribution < 1.29 is 13.2 Å². The zero-order valence-corrected chi connectivity index (χ0v) is 10.3. The molecule has 1 unspecified atom stereocenters. The van der Waals surface area contributed by atoms with Gasteiger partial charge in [0.15, 0.2) is 0 Å². The third kappa shape index (κ3) is 3.43. The summed E-state index contributed by atoms with van der Waals surface area (Å²) in [6, 6.07) is 0. The fourth-order valence-corrected chi connectivity index (χ4v) is 2.28. The van der Waals surface area contributed by atoms with Gasteiger partial charge in [-0.3, -0.25) is 4.79 Å². The minimum Gasteiger partial charge on any atom is -0.355 e. The molecule has 94 valence electrons. The van der Waals surface area contributed by atoms with Crippen LogP contribution in [0.3, 0.4) is 0 Å². The smallest absolute Gasteiger partial charge is 0.227 e. The van der Waals surface area contributed by atoms with Crippen molar-refractivity contribution in [3.63, 3.8) is 0 Å². The van der Waals surface area contributed by atoms with Crippen LogP contribution in [-0.4, -0.2) is 39.7 Å². The Labute approximate surface area is 96.0 Å². The molecule has 0 spiro atoms. The molecule has 1 amide bonds. The maximum absolute atomic E-state index is 11.9. The number of carbonyl (C=O) groups excluding carboxylic acids is 1. The van der Waals surface area contributed by atoms with E-state index in [9.17, 15) is 13.2 Å². The van der Waals surface area contributed by atoms with E-state index in [1.165, 1.54) is 0 Å². The van der Waals surface area contributed by atoms with Crippen LogP contribution in [0.2, 0.25) is 0 Å². The molecular weight excluding hydrogens is 230 g/mol. The Kier molecular flexibility index (Phi) is 4.28. The largest absolute Gasteiger partial charge is 0.355 e. The molecule has 0 aromatic heterocycles. The highest BCUT2D eigenvalue weighted by Gasteiger charge is 2.39. The first kappa shape index (κ1) is 13.4. The summed E-state index contributed by atoms with van der Waals surface area (Å²) in [6.07, 6.45) is 1.55. The van der Waals surface area contributed by atoms with Crippen molar-refractivity contribution in [2.45, 2.75) is 19.8 Å². The van der Waals surface area contributed by atoms with Gasteiger partial charge >= 0.3 is 0 Å². The predicted octanol–water partition coefficient (Wildman–Crippen LogP) is -1.22. The molecule has 1 atom stereocenters. The highest BCUT2D eigenvalue weighted by atomic mass is 32.2. The first-order valence-corrected chi connectivity index (χ1v) is 7.11. The van der Waals surface area contributed by atoms with E-state index in [0.717, 1.165) is 19.4 Å². The van der Waals surface area contributed by atoms with Crippen LogP contribution in [0.5, 0.6) is 0 Å². The van der Waals surface area contributed by atoms with Crippen LogP contribution in [0.1, 0.15) is 19.8 Å². The maximum atomic E-state index is 11.9. The maximum Gasteiger partial charge on any atom is 0.227 e. The lowest BCUT2D eigenvalue weighted by Crippen LogP contribution is -2.44. The molecule has 6 nitrogen and oxygen atoms in total. The van der Waals surface area contributed by atoms with E-state index < -0.39 is 10.0 Å². The van der Waals surface area contributed by atoms with Gasteiger partial charge in [-0.05, 0) is 19.4 Å². The van der Waals surface area contributed by atoms with E-state index >= 15 is 0 Å². The summed E-state index contributed by atoms with van der Waals surface area (Å²) in [4.78, 5) is 11.9. The van der Waals surface area contributed by atoms with Crippen LogP contribution in [-0.2, 0) is 14.8 Å². The van der Waals surface area contributed by atoms with Crippen molar-refractivity contribution in [2.24, 2.45) is 10.6 Å². The lowest BCUT2D eigenvalue weighted by Gasteiger charge is -2.25. The number of primary sulfonamides is 1. The quantitative estimate of drug-likeness (QED) is 0.568. The minimum atomic E-state index is -3.50.